The predicted molar refractivity (Wildman–Crippen MR) is 131 cm³/mol. The van der Waals surface area contributed by atoms with Crippen molar-refractivity contribution < 1.29 is 14.3 Å². The summed E-state index contributed by atoms with van der Waals surface area (Å²) in [7, 11) is 1.69. The number of nitrogens with zero attached hydrogens (tertiary/aromatic N) is 2. The Morgan fingerprint density at radius 3 is 2.90 bits per heavy atom. The van der Waals surface area contributed by atoms with Crippen LogP contribution in [-0.4, -0.2) is 50.4 Å². The molecule has 0 bridgehead atoms. The van der Waals surface area contributed by atoms with Gasteiger partial charge in [-0.1, -0.05) is 6.07 Å². The molecule has 7 nitrogen and oxygen atoms in total. The van der Waals surface area contributed by atoms with Crippen LogP contribution in [0.25, 0.3) is 0 Å². The molecule has 1 fully saturated rings. The number of benzene rings is 1. The van der Waals surface area contributed by atoms with Gasteiger partial charge in [0.15, 0.2) is 5.96 Å². The standard InChI is InChI=1S/C22H32N4O3.HI/c1-4-23-21(24-16-22(2,27)20-11-7-13-29-20)25-17-8-6-12-26(15-17)18-9-5-10-19(14-18)28-3;/h5,7,9-11,13-14,17,27H,4,6,8,12,15-16H2,1-3H3,(H2,23,24,25);1H. The Kier molecular flexibility index (Phi) is 9.29. The van der Waals surface area contributed by atoms with Gasteiger partial charge in [0.2, 0.25) is 0 Å². The molecule has 3 rings (SSSR count). The molecule has 2 aromatic rings. The summed E-state index contributed by atoms with van der Waals surface area (Å²) in [6.45, 7) is 6.61. The maximum absolute atomic E-state index is 10.7. The lowest BCUT2D eigenvalue weighted by molar-refractivity contribution is 0.0436. The van der Waals surface area contributed by atoms with Gasteiger partial charge in [-0.15, -0.1) is 24.0 Å². The molecule has 1 saturated heterocycles. The van der Waals surface area contributed by atoms with Crippen molar-refractivity contribution in [2.75, 3.05) is 38.2 Å². The highest BCUT2D eigenvalue weighted by atomic mass is 127. The highest BCUT2D eigenvalue weighted by Gasteiger charge is 2.27. The average molecular weight is 528 g/mol. The van der Waals surface area contributed by atoms with Crippen molar-refractivity contribution in [1.82, 2.24) is 10.6 Å². The van der Waals surface area contributed by atoms with E-state index in [4.69, 9.17) is 9.15 Å². The number of methoxy groups -OCH3 is 1. The first-order valence-corrected chi connectivity index (χ1v) is 10.2. The van der Waals surface area contributed by atoms with Gasteiger partial charge in [0.25, 0.3) is 0 Å². The molecule has 8 heteroatoms. The molecule has 2 atom stereocenters. The van der Waals surface area contributed by atoms with E-state index < -0.39 is 5.60 Å². The van der Waals surface area contributed by atoms with Crippen molar-refractivity contribution in [2.24, 2.45) is 4.99 Å². The molecular weight excluding hydrogens is 495 g/mol. The van der Waals surface area contributed by atoms with Crippen LogP contribution >= 0.6 is 24.0 Å². The Hall–Kier alpha value is -1.94. The molecule has 166 valence electrons. The molecule has 3 N–H and O–H groups in total. The number of halogens is 1. The van der Waals surface area contributed by atoms with Crippen molar-refractivity contribution in [2.45, 2.75) is 38.3 Å². The Labute approximate surface area is 195 Å². The van der Waals surface area contributed by atoms with Gasteiger partial charge >= 0.3 is 0 Å². The van der Waals surface area contributed by atoms with E-state index in [-0.39, 0.29) is 36.6 Å². The zero-order valence-electron chi connectivity index (χ0n) is 17.9. The predicted octanol–water partition coefficient (Wildman–Crippen LogP) is 3.34. The summed E-state index contributed by atoms with van der Waals surface area (Å²) in [6, 6.07) is 12.0. The van der Waals surface area contributed by atoms with Crippen LogP contribution in [0.15, 0.2) is 52.1 Å². The van der Waals surface area contributed by atoms with Crippen LogP contribution in [0.2, 0.25) is 0 Å². The molecule has 0 amide bonds. The Morgan fingerprint density at radius 2 is 2.20 bits per heavy atom. The van der Waals surface area contributed by atoms with E-state index >= 15 is 0 Å². The van der Waals surface area contributed by atoms with Crippen LogP contribution in [-0.2, 0) is 5.60 Å². The number of hydrogen-bond acceptors (Lipinski definition) is 5. The number of aliphatic hydroxyl groups is 1. The summed E-state index contributed by atoms with van der Waals surface area (Å²) >= 11 is 0. The minimum Gasteiger partial charge on any atom is -0.497 e. The molecule has 1 aromatic carbocycles. The summed E-state index contributed by atoms with van der Waals surface area (Å²) in [5.74, 6) is 2.09. The van der Waals surface area contributed by atoms with Gasteiger partial charge in [-0.25, -0.2) is 4.99 Å². The fraction of sp³-hybridized carbons (Fsp3) is 0.500. The van der Waals surface area contributed by atoms with E-state index in [9.17, 15) is 5.11 Å². The van der Waals surface area contributed by atoms with Crippen molar-refractivity contribution in [3.8, 4) is 5.75 Å². The third-order valence-electron chi connectivity index (χ3n) is 5.12. The van der Waals surface area contributed by atoms with E-state index in [1.165, 1.54) is 5.69 Å². The minimum absolute atomic E-state index is 0. The SMILES string of the molecule is CCNC(=NCC(C)(O)c1ccco1)NC1CCCN(c2cccc(OC)c2)C1.I. The molecule has 30 heavy (non-hydrogen) atoms. The van der Waals surface area contributed by atoms with Gasteiger partial charge < -0.3 is 29.8 Å². The number of piperidine rings is 1. The van der Waals surface area contributed by atoms with Crippen LogP contribution < -0.4 is 20.3 Å². The van der Waals surface area contributed by atoms with E-state index in [2.05, 4.69) is 32.7 Å². The summed E-state index contributed by atoms with van der Waals surface area (Å²) < 4.78 is 10.7. The smallest absolute Gasteiger partial charge is 0.191 e. The lowest BCUT2D eigenvalue weighted by Gasteiger charge is -2.35. The largest absolute Gasteiger partial charge is 0.497 e. The second-order valence-electron chi connectivity index (χ2n) is 7.58. The Morgan fingerprint density at radius 1 is 1.37 bits per heavy atom. The van der Waals surface area contributed by atoms with E-state index in [0.29, 0.717) is 11.7 Å². The molecule has 1 aliphatic heterocycles. The first-order chi connectivity index (χ1) is 14.0. The van der Waals surface area contributed by atoms with Crippen LogP contribution in [0.1, 0.15) is 32.4 Å². The van der Waals surface area contributed by atoms with Gasteiger partial charge in [0.1, 0.15) is 17.1 Å². The van der Waals surface area contributed by atoms with Gasteiger partial charge in [-0.2, -0.15) is 0 Å². The molecule has 0 spiro atoms. The van der Waals surface area contributed by atoms with Crippen LogP contribution in [0.4, 0.5) is 5.69 Å². The number of guanidine groups is 1. The summed E-state index contributed by atoms with van der Waals surface area (Å²) in [5, 5.41) is 17.5. The monoisotopic (exact) mass is 528 g/mol. The molecular formula is C22H33IN4O3. The summed E-state index contributed by atoms with van der Waals surface area (Å²) in [6.07, 6.45) is 3.73. The van der Waals surface area contributed by atoms with Crippen molar-refractivity contribution in [1.29, 1.82) is 0 Å². The third kappa shape index (κ3) is 6.53. The van der Waals surface area contributed by atoms with E-state index in [1.54, 1.807) is 32.4 Å². The maximum atomic E-state index is 10.7. The number of rotatable bonds is 7. The zero-order valence-corrected chi connectivity index (χ0v) is 20.3. The molecule has 1 aliphatic rings. The Bertz CT molecular complexity index is 795. The summed E-state index contributed by atoms with van der Waals surface area (Å²) in [4.78, 5) is 6.97. The highest BCUT2D eigenvalue weighted by Crippen LogP contribution is 2.24. The third-order valence-corrected chi connectivity index (χ3v) is 5.12. The normalized spacial score (nSPS) is 18.9. The van der Waals surface area contributed by atoms with Gasteiger partial charge in [-0.05, 0) is 51.0 Å². The van der Waals surface area contributed by atoms with Crippen molar-refractivity contribution >= 4 is 35.6 Å². The second-order valence-corrected chi connectivity index (χ2v) is 7.58. The number of nitrogens with one attached hydrogen (secondary N) is 2. The van der Waals surface area contributed by atoms with Gasteiger partial charge in [0.05, 0.1) is 19.9 Å². The topological polar surface area (TPSA) is 82.3 Å². The van der Waals surface area contributed by atoms with Crippen LogP contribution in [0.3, 0.4) is 0 Å². The first-order valence-electron chi connectivity index (χ1n) is 10.2. The van der Waals surface area contributed by atoms with Crippen molar-refractivity contribution in [3.05, 3.63) is 48.4 Å². The molecule has 0 aliphatic carbocycles. The minimum atomic E-state index is -1.15. The lowest BCUT2D eigenvalue weighted by Crippen LogP contribution is -2.51. The van der Waals surface area contributed by atoms with E-state index in [0.717, 1.165) is 38.2 Å². The summed E-state index contributed by atoms with van der Waals surface area (Å²) in [5.41, 5.74) is 0.0175. The zero-order chi connectivity index (χ0) is 20.7. The fourth-order valence-corrected chi connectivity index (χ4v) is 3.55. The van der Waals surface area contributed by atoms with Crippen LogP contribution in [0, 0.1) is 0 Å². The Balaban J connectivity index is 0.00000320. The number of furan rings is 1. The molecule has 1 aromatic heterocycles. The average Bonchev–Trinajstić information content (AvgIpc) is 3.29. The second kappa shape index (κ2) is 11.5. The highest BCUT2D eigenvalue weighted by molar-refractivity contribution is 14.0. The number of hydrogen-bond donors (Lipinski definition) is 3. The quantitative estimate of drug-likeness (QED) is 0.291. The molecule has 2 heterocycles. The number of aliphatic imine (C=N–C) groups is 1. The number of ether oxygens (including phenoxy) is 1. The van der Waals surface area contributed by atoms with Gasteiger partial charge in [0, 0.05) is 37.4 Å². The molecule has 0 saturated carbocycles. The number of anilines is 1. The lowest BCUT2D eigenvalue weighted by atomic mass is 10.0. The van der Waals surface area contributed by atoms with E-state index in [1.807, 2.05) is 19.1 Å². The van der Waals surface area contributed by atoms with Crippen LogP contribution in [0.5, 0.6) is 5.75 Å². The molecule has 0 radical (unpaired) electrons. The maximum Gasteiger partial charge on any atom is 0.191 e. The fourth-order valence-electron chi connectivity index (χ4n) is 3.55. The first kappa shape index (κ1) is 24.3. The van der Waals surface area contributed by atoms with Gasteiger partial charge in [-0.3, -0.25) is 0 Å². The molecule has 2 unspecified atom stereocenters. The van der Waals surface area contributed by atoms with Crippen molar-refractivity contribution in [3.63, 3.8) is 0 Å².